The van der Waals surface area contributed by atoms with E-state index in [1.165, 1.54) is 0 Å². The fraction of sp³-hybridized carbons (Fsp3) is 0.923. The standard InChI is InChI=1S/C13H26F2N2O3/c1-7(2)5-9(16)11(18)13(14,15)10(17)12(19)20-6-8(3)4/h7-11,18H,5-6,16-17H2,1-4H3. The highest BCUT2D eigenvalue weighted by Crippen LogP contribution is 2.26. The van der Waals surface area contributed by atoms with Gasteiger partial charge in [0.05, 0.1) is 6.61 Å². The minimum absolute atomic E-state index is 0.00322. The van der Waals surface area contributed by atoms with Crippen molar-refractivity contribution < 1.29 is 23.4 Å². The van der Waals surface area contributed by atoms with E-state index in [0.717, 1.165) is 0 Å². The Hall–Kier alpha value is -0.790. The summed E-state index contributed by atoms with van der Waals surface area (Å²) in [5.41, 5.74) is 10.7. The quantitative estimate of drug-likeness (QED) is 0.578. The molecular weight excluding hydrogens is 270 g/mol. The number of aliphatic hydroxyl groups excluding tert-OH is 1. The highest BCUT2D eigenvalue weighted by Gasteiger charge is 2.51. The van der Waals surface area contributed by atoms with Gasteiger partial charge in [-0.05, 0) is 18.3 Å². The predicted molar refractivity (Wildman–Crippen MR) is 72.2 cm³/mol. The molecule has 3 unspecified atom stereocenters. The highest BCUT2D eigenvalue weighted by molar-refractivity contribution is 5.77. The third-order valence-corrected chi connectivity index (χ3v) is 2.77. The maximum absolute atomic E-state index is 13.9. The fourth-order valence-corrected chi connectivity index (χ4v) is 1.64. The lowest BCUT2D eigenvalue weighted by molar-refractivity contribution is -0.172. The molecule has 5 N–H and O–H groups in total. The third-order valence-electron chi connectivity index (χ3n) is 2.77. The molecule has 0 aliphatic heterocycles. The number of aliphatic hydroxyl groups is 1. The Morgan fingerprint density at radius 1 is 1.20 bits per heavy atom. The van der Waals surface area contributed by atoms with E-state index in [9.17, 15) is 18.7 Å². The van der Waals surface area contributed by atoms with Crippen LogP contribution < -0.4 is 11.5 Å². The summed E-state index contributed by atoms with van der Waals surface area (Å²) in [6, 6.07) is -3.39. The molecule has 20 heavy (non-hydrogen) atoms. The van der Waals surface area contributed by atoms with Crippen molar-refractivity contribution in [2.24, 2.45) is 23.3 Å². The van der Waals surface area contributed by atoms with Crippen LogP contribution in [0.25, 0.3) is 0 Å². The zero-order valence-corrected chi connectivity index (χ0v) is 12.5. The molecule has 0 saturated heterocycles. The van der Waals surface area contributed by atoms with Crippen molar-refractivity contribution in [3.8, 4) is 0 Å². The van der Waals surface area contributed by atoms with Gasteiger partial charge < -0.3 is 21.3 Å². The van der Waals surface area contributed by atoms with Gasteiger partial charge in [-0.25, -0.2) is 8.78 Å². The Bertz CT molecular complexity index is 312. The van der Waals surface area contributed by atoms with Crippen LogP contribution in [0.1, 0.15) is 34.1 Å². The first-order valence-corrected chi connectivity index (χ1v) is 6.73. The first-order valence-electron chi connectivity index (χ1n) is 6.73. The molecule has 0 aliphatic carbocycles. The lowest BCUT2D eigenvalue weighted by Gasteiger charge is -2.31. The van der Waals surface area contributed by atoms with Crippen LogP contribution in [0.15, 0.2) is 0 Å². The summed E-state index contributed by atoms with van der Waals surface area (Å²) in [4.78, 5) is 11.5. The smallest absolute Gasteiger partial charge is 0.329 e. The summed E-state index contributed by atoms with van der Waals surface area (Å²) in [5.74, 6) is -5.02. The molecule has 120 valence electrons. The first-order chi connectivity index (χ1) is 9.00. The summed E-state index contributed by atoms with van der Waals surface area (Å²) < 4.78 is 32.5. The zero-order chi connectivity index (χ0) is 16.1. The van der Waals surface area contributed by atoms with Gasteiger partial charge in [-0.15, -0.1) is 0 Å². The molecule has 0 amide bonds. The summed E-state index contributed by atoms with van der Waals surface area (Å²) >= 11 is 0. The molecule has 7 heteroatoms. The molecule has 0 aromatic heterocycles. The van der Waals surface area contributed by atoms with Crippen LogP contribution in [0, 0.1) is 11.8 Å². The highest BCUT2D eigenvalue weighted by atomic mass is 19.3. The number of nitrogens with two attached hydrogens (primary N) is 2. The molecule has 0 heterocycles. The summed E-state index contributed by atoms with van der Waals surface area (Å²) in [6.07, 6.45) is -1.99. The summed E-state index contributed by atoms with van der Waals surface area (Å²) in [7, 11) is 0. The van der Waals surface area contributed by atoms with Crippen molar-refractivity contribution in [3.05, 3.63) is 0 Å². The van der Waals surface area contributed by atoms with Crippen molar-refractivity contribution in [2.75, 3.05) is 6.61 Å². The monoisotopic (exact) mass is 296 g/mol. The minimum atomic E-state index is -3.83. The molecule has 0 radical (unpaired) electrons. The second kappa shape index (κ2) is 7.85. The second-order valence-corrected chi connectivity index (χ2v) is 5.91. The largest absolute Gasteiger partial charge is 0.464 e. The average molecular weight is 296 g/mol. The number of ether oxygens (including phenoxy) is 1. The van der Waals surface area contributed by atoms with E-state index in [2.05, 4.69) is 4.74 Å². The number of hydrogen-bond acceptors (Lipinski definition) is 5. The van der Waals surface area contributed by atoms with Gasteiger partial charge in [-0.1, -0.05) is 27.7 Å². The van der Waals surface area contributed by atoms with Crippen molar-refractivity contribution in [1.82, 2.24) is 0 Å². The molecule has 0 rings (SSSR count). The van der Waals surface area contributed by atoms with E-state index in [0.29, 0.717) is 0 Å². The Labute approximate surface area is 118 Å². The van der Waals surface area contributed by atoms with Crippen LogP contribution in [-0.2, 0) is 9.53 Å². The van der Waals surface area contributed by atoms with Crippen LogP contribution in [0.4, 0.5) is 8.78 Å². The molecule has 0 aromatic rings. The van der Waals surface area contributed by atoms with Crippen molar-refractivity contribution in [1.29, 1.82) is 0 Å². The predicted octanol–water partition coefficient (Wildman–Crippen LogP) is 0.882. The maximum Gasteiger partial charge on any atom is 0.329 e. The molecule has 0 aliphatic rings. The van der Waals surface area contributed by atoms with Crippen LogP contribution in [0.3, 0.4) is 0 Å². The van der Waals surface area contributed by atoms with Crippen LogP contribution in [-0.4, -0.2) is 41.8 Å². The number of hydrogen-bond donors (Lipinski definition) is 3. The van der Waals surface area contributed by atoms with Crippen LogP contribution in [0.5, 0.6) is 0 Å². The van der Waals surface area contributed by atoms with Crippen LogP contribution >= 0.6 is 0 Å². The Morgan fingerprint density at radius 2 is 1.70 bits per heavy atom. The number of esters is 1. The van der Waals surface area contributed by atoms with E-state index in [1.54, 1.807) is 27.7 Å². The van der Waals surface area contributed by atoms with Gasteiger partial charge >= 0.3 is 5.97 Å². The van der Waals surface area contributed by atoms with E-state index < -0.39 is 30.1 Å². The van der Waals surface area contributed by atoms with Gasteiger partial charge in [0.2, 0.25) is 0 Å². The van der Waals surface area contributed by atoms with Gasteiger partial charge in [-0.2, -0.15) is 0 Å². The number of carbonyl (C=O) groups excluding carboxylic acids is 1. The lowest BCUT2D eigenvalue weighted by atomic mass is 9.93. The Balaban J connectivity index is 4.70. The van der Waals surface area contributed by atoms with Gasteiger partial charge in [0.25, 0.3) is 5.92 Å². The molecular formula is C13H26F2N2O3. The van der Waals surface area contributed by atoms with Gasteiger partial charge in [-0.3, -0.25) is 4.79 Å². The fourth-order valence-electron chi connectivity index (χ4n) is 1.64. The number of carbonyl (C=O) groups is 1. The molecule has 5 nitrogen and oxygen atoms in total. The molecule has 3 atom stereocenters. The number of rotatable bonds is 8. The molecule has 0 aromatic carbocycles. The molecule has 0 fully saturated rings. The first kappa shape index (κ1) is 19.2. The topological polar surface area (TPSA) is 98.6 Å². The van der Waals surface area contributed by atoms with Gasteiger partial charge in [0, 0.05) is 6.04 Å². The van der Waals surface area contributed by atoms with Crippen molar-refractivity contribution in [3.63, 3.8) is 0 Å². The molecule has 0 saturated carbocycles. The zero-order valence-electron chi connectivity index (χ0n) is 12.5. The van der Waals surface area contributed by atoms with E-state index in [4.69, 9.17) is 11.5 Å². The third kappa shape index (κ3) is 5.68. The molecule has 0 spiro atoms. The average Bonchev–Trinajstić information content (AvgIpc) is 2.32. The van der Waals surface area contributed by atoms with Crippen molar-refractivity contribution in [2.45, 2.75) is 58.2 Å². The van der Waals surface area contributed by atoms with E-state index >= 15 is 0 Å². The van der Waals surface area contributed by atoms with Gasteiger partial charge in [0.1, 0.15) is 6.10 Å². The SMILES string of the molecule is CC(C)COC(=O)C(N)C(F)(F)C(O)C(N)CC(C)C. The Morgan fingerprint density at radius 3 is 2.10 bits per heavy atom. The lowest BCUT2D eigenvalue weighted by Crippen LogP contribution is -2.59. The van der Waals surface area contributed by atoms with Crippen LogP contribution in [0.2, 0.25) is 0 Å². The minimum Gasteiger partial charge on any atom is -0.464 e. The second-order valence-electron chi connectivity index (χ2n) is 5.91. The maximum atomic E-state index is 13.9. The molecule has 0 bridgehead atoms. The normalized spacial score (nSPS) is 17.1. The van der Waals surface area contributed by atoms with Gasteiger partial charge in [0.15, 0.2) is 6.04 Å². The van der Waals surface area contributed by atoms with E-state index in [-0.39, 0.29) is 24.9 Å². The Kier molecular flexibility index (Phi) is 7.54. The van der Waals surface area contributed by atoms with E-state index in [1.807, 2.05) is 0 Å². The number of alkyl halides is 2. The van der Waals surface area contributed by atoms with Crippen molar-refractivity contribution >= 4 is 5.97 Å². The number of halogens is 2. The summed E-state index contributed by atoms with van der Waals surface area (Å²) in [6.45, 7) is 7.12. The summed E-state index contributed by atoms with van der Waals surface area (Å²) in [5, 5.41) is 9.63.